The van der Waals surface area contributed by atoms with Crippen LogP contribution in [0, 0.1) is 5.82 Å². The van der Waals surface area contributed by atoms with Crippen LogP contribution in [0.4, 0.5) is 4.39 Å². The Morgan fingerprint density at radius 1 is 1.43 bits per heavy atom. The van der Waals surface area contributed by atoms with E-state index in [1.165, 1.54) is 20.3 Å². The minimum Gasteiger partial charge on any atom is -0.495 e. The molecule has 0 aliphatic rings. The van der Waals surface area contributed by atoms with E-state index in [0.717, 1.165) is 6.07 Å². The molecule has 1 aromatic rings. The molecule has 0 heterocycles. The molecule has 1 aromatic carbocycles. The molecule has 0 atom stereocenters. The van der Waals surface area contributed by atoms with Crippen molar-refractivity contribution in [3.05, 3.63) is 28.0 Å². The van der Waals surface area contributed by atoms with Crippen LogP contribution in [0.1, 0.15) is 10.4 Å². The predicted octanol–water partition coefficient (Wildman–Crippen LogP) is 2.38. The predicted molar refractivity (Wildman–Crippen MR) is 52.0 cm³/mol. The Morgan fingerprint density at radius 2 is 2.07 bits per heavy atom. The molecule has 0 bridgehead atoms. The number of ether oxygens (including phenoxy) is 2. The Bertz CT molecular complexity index is 365. The first-order chi connectivity index (χ1) is 6.60. The van der Waals surface area contributed by atoms with Crippen LogP contribution in [0.3, 0.4) is 0 Å². The molecule has 0 unspecified atom stereocenters. The Morgan fingerprint density at radius 3 is 2.57 bits per heavy atom. The van der Waals surface area contributed by atoms with Gasteiger partial charge in [0.25, 0.3) is 0 Å². The van der Waals surface area contributed by atoms with Crippen LogP contribution < -0.4 is 4.74 Å². The third-order valence-electron chi connectivity index (χ3n) is 1.64. The summed E-state index contributed by atoms with van der Waals surface area (Å²) in [5, 5.41) is 0. The third-order valence-corrected chi connectivity index (χ3v) is 2.41. The molecule has 0 aromatic heterocycles. The zero-order valence-electron chi connectivity index (χ0n) is 7.64. The maximum absolute atomic E-state index is 13.2. The van der Waals surface area contributed by atoms with Gasteiger partial charge in [0, 0.05) is 0 Å². The van der Waals surface area contributed by atoms with Crippen molar-refractivity contribution in [2.24, 2.45) is 0 Å². The van der Waals surface area contributed by atoms with Gasteiger partial charge in [-0.1, -0.05) is 0 Å². The molecule has 5 heteroatoms. The van der Waals surface area contributed by atoms with Crippen molar-refractivity contribution in [2.75, 3.05) is 14.2 Å². The lowest BCUT2D eigenvalue weighted by atomic mass is 10.2. The van der Waals surface area contributed by atoms with Crippen molar-refractivity contribution in [3.8, 4) is 5.75 Å². The van der Waals surface area contributed by atoms with Gasteiger partial charge in [-0.05, 0) is 28.1 Å². The molecule has 0 amide bonds. The Kier molecular flexibility index (Phi) is 3.46. The fourth-order valence-corrected chi connectivity index (χ4v) is 1.34. The molecular formula is C9H8BrFO3. The fraction of sp³-hybridized carbons (Fsp3) is 0.222. The number of hydrogen-bond acceptors (Lipinski definition) is 3. The average molecular weight is 263 g/mol. The number of methoxy groups -OCH3 is 2. The lowest BCUT2D eigenvalue weighted by Crippen LogP contribution is -2.02. The summed E-state index contributed by atoms with van der Waals surface area (Å²) in [6, 6.07) is 2.48. The highest BCUT2D eigenvalue weighted by molar-refractivity contribution is 9.10. The Labute approximate surface area is 88.9 Å². The lowest BCUT2D eigenvalue weighted by Gasteiger charge is -2.06. The highest BCUT2D eigenvalue weighted by Gasteiger charge is 2.13. The molecule has 1 rings (SSSR count). The van der Waals surface area contributed by atoms with Crippen molar-refractivity contribution >= 4 is 21.9 Å². The summed E-state index contributed by atoms with van der Waals surface area (Å²) in [6.45, 7) is 0. The monoisotopic (exact) mass is 262 g/mol. The zero-order chi connectivity index (χ0) is 10.7. The number of benzene rings is 1. The van der Waals surface area contributed by atoms with E-state index >= 15 is 0 Å². The number of carbonyl (C=O) groups is 1. The smallest absolute Gasteiger partial charge is 0.338 e. The second-order valence-corrected chi connectivity index (χ2v) is 3.26. The van der Waals surface area contributed by atoms with Crippen molar-refractivity contribution in [1.82, 2.24) is 0 Å². The summed E-state index contributed by atoms with van der Waals surface area (Å²) in [5.41, 5.74) is 0.116. The molecule has 0 saturated heterocycles. The standard InChI is InChI=1S/C9H8BrFO3/c1-13-7-4-5(9(12)14-2)3-6(11)8(7)10/h3-4H,1-2H3. The number of carbonyl (C=O) groups excluding carboxylic acids is 1. The molecule has 76 valence electrons. The van der Waals surface area contributed by atoms with E-state index in [9.17, 15) is 9.18 Å². The molecule has 0 aliphatic heterocycles. The average Bonchev–Trinajstić information content (AvgIpc) is 2.20. The lowest BCUT2D eigenvalue weighted by molar-refractivity contribution is 0.0599. The summed E-state index contributed by atoms with van der Waals surface area (Å²) in [4.78, 5) is 11.1. The van der Waals surface area contributed by atoms with E-state index < -0.39 is 11.8 Å². The van der Waals surface area contributed by atoms with Crippen LogP contribution in [0.5, 0.6) is 5.75 Å². The zero-order valence-corrected chi connectivity index (χ0v) is 9.22. The van der Waals surface area contributed by atoms with Gasteiger partial charge in [0.2, 0.25) is 0 Å². The number of rotatable bonds is 2. The molecule has 14 heavy (non-hydrogen) atoms. The maximum atomic E-state index is 13.2. The van der Waals surface area contributed by atoms with Crippen LogP contribution in [0.25, 0.3) is 0 Å². The Balaban J connectivity index is 3.22. The SMILES string of the molecule is COC(=O)c1cc(F)c(Br)c(OC)c1. The van der Waals surface area contributed by atoms with Gasteiger partial charge in [-0.25, -0.2) is 9.18 Å². The van der Waals surface area contributed by atoms with Gasteiger partial charge in [-0.3, -0.25) is 0 Å². The number of hydrogen-bond donors (Lipinski definition) is 0. The highest BCUT2D eigenvalue weighted by atomic mass is 79.9. The molecule has 0 aliphatic carbocycles. The Hall–Kier alpha value is -1.10. The van der Waals surface area contributed by atoms with Crippen LogP contribution in [0.15, 0.2) is 16.6 Å². The summed E-state index contributed by atoms with van der Waals surface area (Å²) in [5.74, 6) is -0.912. The van der Waals surface area contributed by atoms with Gasteiger partial charge in [0.1, 0.15) is 11.6 Å². The second kappa shape index (κ2) is 4.41. The summed E-state index contributed by atoms with van der Waals surface area (Å²) in [6.07, 6.45) is 0. The number of esters is 1. The first-order valence-electron chi connectivity index (χ1n) is 3.71. The molecular weight excluding hydrogens is 255 g/mol. The first-order valence-corrected chi connectivity index (χ1v) is 4.50. The molecule has 0 saturated carbocycles. The van der Waals surface area contributed by atoms with Crippen LogP contribution in [-0.4, -0.2) is 20.2 Å². The summed E-state index contributed by atoms with van der Waals surface area (Å²) < 4.78 is 22.7. The van der Waals surface area contributed by atoms with E-state index in [-0.39, 0.29) is 15.8 Å². The van der Waals surface area contributed by atoms with Gasteiger partial charge >= 0.3 is 5.97 Å². The summed E-state index contributed by atoms with van der Waals surface area (Å²) >= 11 is 2.99. The largest absolute Gasteiger partial charge is 0.495 e. The van der Waals surface area contributed by atoms with Crippen LogP contribution in [-0.2, 0) is 4.74 Å². The highest BCUT2D eigenvalue weighted by Crippen LogP contribution is 2.29. The minimum atomic E-state index is -0.602. The van der Waals surface area contributed by atoms with Crippen molar-refractivity contribution in [2.45, 2.75) is 0 Å². The topological polar surface area (TPSA) is 35.5 Å². The van der Waals surface area contributed by atoms with Crippen molar-refractivity contribution < 1.29 is 18.7 Å². The molecule has 3 nitrogen and oxygen atoms in total. The van der Waals surface area contributed by atoms with Crippen LogP contribution in [0.2, 0.25) is 0 Å². The van der Waals surface area contributed by atoms with Gasteiger partial charge in [-0.15, -0.1) is 0 Å². The van der Waals surface area contributed by atoms with E-state index in [4.69, 9.17) is 4.74 Å². The normalized spacial score (nSPS) is 9.71. The second-order valence-electron chi connectivity index (χ2n) is 2.47. The number of halogens is 2. The fourth-order valence-electron chi connectivity index (χ4n) is 0.948. The van der Waals surface area contributed by atoms with Crippen molar-refractivity contribution in [3.63, 3.8) is 0 Å². The van der Waals surface area contributed by atoms with Gasteiger partial charge < -0.3 is 9.47 Å². The van der Waals surface area contributed by atoms with E-state index in [0.29, 0.717) is 0 Å². The quantitative estimate of drug-likeness (QED) is 0.768. The first kappa shape index (κ1) is 11.0. The van der Waals surface area contributed by atoms with Crippen LogP contribution >= 0.6 is 15.9 Å². The third kappa shape index (κ3) is 2.04. The van der Waals surface area contributed by atoms with Gasteiger partial charge in [0.05, 0.1) is 24.3 Å². The summed E-state index contributed by atoms with van der Waals surface area (Å²) in [7, 11) is 2.62. The molecule has 0 N–H and O–H groups in total. The van der Waals surface area contributed by atoms with Gasteiger partial charge in [0.15, 0.2) is 0 Å². The maximum Gasteiger partial charge on any atom is 0.338 e. The molecule has 0 spiro atoms. The van der Waals surface area contributed by atoms with E-state index in [2.05, 4.69) is 20.7 Å². The van der Waals surface area contributed by atoms with Gasteiger partial charge in [-0.2, -0.15) is 0 Å². The molecule has 0 radical (unpaired) electrons. The van der Waals surface area contributed by atoms with E-state index in [1.54, 1.807) is 0 Å². The van der Waals surface area contributed by atoms with Crippen molar-refractivity contribution in [1.29, 1.82) is 0 Å². The molecule has 0 fully saturated rings. The van der Waals surface area contributed by atoms with E-state index in [1.807, 2.05) is 0 Å². The minimum absolute atomic E-state index is 0.116.